The number of carbonyl (C=O) groups is 1. The van der Waals surface area contributed by atoms with Crippen molar-refractivity contribution in [3.8, 4) is 0 Å². The predicted octanol–water partition coefficient (Wildman–Crippen LogP) is 2.33. The van der Waals surface area contributed by atoms with Gasteiger partial charge in [0.2, 0.25) is 5.91 Å². The molecule has 1 aromatic heterocycles. The summed E-state index contributed by atoms with van der Waals surface area (Å²) in [5.41, 5.74) is 0.316. The number of halogens is 2. The first-order chi connectivity index (χ1) is 12.0. The van der Waals surface area contributed by atoms with E-state index in [1.165, 1.54) is 6.07 Å². The minimum Gasteiger partial charge on any atom is -0.337 e. The molecule has 2 aromatic rings. The van der Waals surface area contributed by atoms with Crippen LogP contribution in [0.5, 0.6) is 0 Å². The highest BCUT2D eigenvalue weighted by atomic mass is 19.2. The van der Waals surface area contributed by atoms with Crippen LogP contribution in [0, 0.1) is 17.0 Å². The highest BCUT2D eigenvalue weighted by Crippen LogP contribution is 2.42. The van der Waals surface area contributed by atoms with Gasteiger partial charge >= 0.3 is 0 Å². The zero-order valence-electron chi connectivity index (χ0n) is 14.1. The lowest BCUT2D eigenvalue weighted by molar-refractivity contribution is -0.117. The minimum absolute atomic E-state index is 0.0233. The van der Waals surface area contributed by atoms with Crippen molar-refractivity contribution in [3.05, 3.63) is 48.1 Å². The van der Waals surface area contributed by atoms with E-state index in [1.54, 1.807) is 11.1 Å². The smallest absolute Gasteiger partial charge is 0.227 e. The van der Waals surface area contributed by atoms with Crippen LogP contribution in [0.15, 0.2) is 30.6 Å². The van der Waals surface area contributed by atoms with Gasteiger partial charge < -0.3 is 9.47 Å². The van der Waals surface area contributed by atoms with Gasteiger partial charge in [0.1, 0.15) is 5.82 Å². The largest absolute Gasteiger partial charge is 0.337 e. The van der Waals surface area contributed by atoms with Crippen LogP contribution in [-0.2, 0) is 18.4 Å². The number of nitrogens with zero attached hydrogens (tertiary/aromatic N) is 4. The Balaban J connectivity index is 1.48. The van der Waals surface area contributed by atoms with Gasteiger partial charge in [0.15, 0.2) is 11.6 Å². The van der Waals surface area contributed by atoms with Crippen molar-refractivity contribution in [2.24, 2.45) is 12.5 Å². The van der Waals surface area contributed by atoms with Crippen molar-refractivity contribution < 1.29 is 13.6 Å². The summed E-state index contributed by atoms with van der Waals surface area (Å²) >= 11 is 0. The molecular weight excluding hydrogens is 326 g/mol. The number of amides is 1. The molecule has 5 nitrogen and oxygen atoms in total. The number of aromatic nitrogens is 2. The number of hydrogen-bond acceptors (Lipinski definition) is 3. The van der Waals surface area contributed by atoms with Crippen molar-refractivity contribution in [2.75, 3.05) is 24.5 Å². The van der Waals surface area contributed by atoms with E-state index in [9.17, 15) is 13.6 Å². The zero-order chi connectivity index (χ0) is 17.6. The number of carbonyl (C=O) groups excluding carboxylic acids is 1. The van der Waals surface area contributed by atoms with Gasteiger partial charge in [0.05, 0.1) is 6.54 Å². The molecule has 2 fully saturated rings. The van der Waals surface area contributed by atoms with Crippen LogP contribution in [0.2, 0.25) is 0 Å². The van der Waals surface area contributed by atoms with Crippen molar-refractivity contribution in [2.45, 2.75) is 19.4 Å². The number of rotatable bonds is 3. The molecule has 7 heteroatoms. The van der Waals surface area contributed by atoms with Gasteiger partial charge in [-0.1, -0.05) is 0 Å². The van der Waals surface area contributed by atoms with Gasteiger partial charge in [-0.25, -0.2) is 13.8 Å². The van der Waals surface area contributed by atoms with E-state index in [0.717, 1.165) is 44.0 Å². The first kappa shape index (κ1) is 16.2. The molecule has 0 saturated carbocycles. The van der Waals surface area contributed by atoms with Gasteiger partial charge in [-0.05, 0) is 25.1 Å². The molecule has 132 valence electrons. The third kappa shape index (κ3) is 2.93. The van der Waals surface area contributed by atoms with Crippen LogP contribution in [0.4, 0.5) is 14.5 Å². The number of benzene rings is 1. The third-order valence-corrected chi connectivity index (χ3v) is 5.34. The molecule has 3 heterocycles. The Labute approximate surface area is 144 Å². The monoisotopic (exact) mass is 346 g/mol. The van der Waals surface area contributed by atoms with Crippen LogP contribution >= 0.6 is 0 Å². The van der Waals surface area contributed by atoms with Crippen LogP contribution in [0.3, 0.4) is 0 Å². The second-order valence-corrected chi connectivity index (χ2v) is 7.17. The topological polar surface area (TPSA) is 41.4 Å². The number of aryl methyl sites for hydroxylation is 1. The number of likely N-dealkylation sites (tertiary alicyclic amines) is 1. The quantitative estimate of drug-likeness (QED) is 0.857. The Morgan fingerprint density at radius 1 is 1.24 bits per heavy atom. The highest BCUT2D eigenvalue weighted by Gasteiger charge is 2.47. The van der Waals surface area contributed by atoms with Gasteiger partial charge in [0.25, 0.3) is 0 Å². The van der Waals surface area contributed by atoms with Crippen LogP contribution in [0.25, 0.3) is 0 Å². The highest BCUT2D eigenvalue weighted by molar-refractivity contribution is 5.96. The number of imidazole rings is 1. The maximum Gasteiger partial charge on any atom is 0.227 e. The molecule has 1 spiro atoms. The second-order valence-electron chi connectivity index (χ2n) is 7.17. The number of hydrogen-bond donors (Lipinski definition) is 0. The van der Waals surface area contributed by atoms with Crippen LogP contribution in [0.1, 0.15) is 18.7 Å². The van der Waals surface area contributed by atoms with E-state index in [0.29, 0.717) is 18.7 Å². The second kappa shape index (κ2) is 5.91. The van der Waals surface area contributed by atoms with Gasteiger partial charge in [0, 0.05) is 56.1 Å². The molecule has 1 unspecified atom stereocenters. The van der Waals surface area contributed by atoms with Crippen LogP contribution < -0.4 is 4.90 Å². The summed E-state index contributed by atoms with van der Waals surface area (Å²) in [7, 11) is 1.97. The molecule has 1 aromatic carbocycles. The summed E-state index contributed by atoms with van der Waals surface area (Å²) in [5.74, 6) is -0.843. The predicted molar refractivity (Wildman–Crippen MR) is 88.9 cm³/mol. The first-order valence-electron chi connectivity index (χ1n) is 8.40. The lowest BCUT2D eigenvalue weighted by atomic mass is 9.86. The molecule has 0 N–H and O–H groups in total. The summed E-state index contributed by atoms with van der Waals surface area (Å²) in [6.07, 6.45) is 5.07. The summed E-state index contributed by atoms with van der Waals surface area (Å²) in [6.45, 7) is 3.02. The fraction of sp³-hybridized carbons (Fsp3) is 0.444. The standard InChI is InChI=1S/C18H20F2N4O/c1-22-7-5-21-16(22)10-23-6-4-18(11-23)9-17(25)24(12-18)13-2-3-14(19)15(20)8-13/h2-3,5,7-8H,4,6,9-12H2,1H3. The van der Waals surface area contributed by atoms with Gasteiger partial charge in [-0.15, -0.1) is 0 Å². The molecule has 0 radical (unpaired) electrons. The Morgan fingerprint density at radius 2 is 2.08 bits per heavy atom. The average Bonchev–Trinajstić information content (AvgIpc) is 3.24. The minimum atomic E-state index is -0.922. The molecular formula is C18H20F2N4O. The van der Waals surface area contributed by atoms with E-state index in [4.69, 9.17) is 0 Å². The Kier molecular flexibility index (Phi) is 3.83. The van der Waals surface area contributed by atoms with Gasteiger partial charge in [-0.3, -0.25) is 9.69 Å². The molecule has 1 atom stereocenters. The van der Waals surface area contributed by atoms with Crippen molar-refractivity contribution in [1.82, 2.24) is 14.5 Å². The molecule has 0 aliphatic carbocycles. The maximum atomic E-state index is 13.5. The van der Waals surface area contributed by atoms with E-state index in [1.807, 2.05) is 17.8 Å². The fourth-order valence-corrected chi connectivity index (χ4v) is 3.97. The zero-order valence-corrected chi connectivity index (χ0v) is 14.1. The van der Waals surface area contributed by atoms with Crippen molar-refractivity contribution >= 4 is 11.6 Å². The van der Waals surface area contributed by atoms with Crippen molar-refractivity contribution in [1.29, 1.82) is 0 Å². The van der Waals surface area contributed by atoms with Crippen LogP contribution in [-0.4, -0.2) is 40.0 Å². The third-order valence-electron chi connectivity index (χ3n) is 5.34. The maximum absolute atomic E-state index is 13.5. The first-order valence-corrected chi connectivity index (χ1v) is 8.40. The summed E-state index contributed by atoms with van der Waals surface area (Å²) in [5, 5.41) is 0. The molecule has 2 saturated heterocycles. The molecule has 0 bridgehead atoms. The molecule has 25 heavy (non-hydrogen) atoms. The molecule has 1 amide bonds. The van der Waals surface area contributed by atoms with E-state index >= 15 is 0 Å². The van der Waals surface area contributed by atoms with Gasteiger partial charge in [-0.2, -0.15) is 0 Å². The van der Waals surface area contributed by atoms with E-state index < -0.39 is 11.6 Å². The Bertz CT molecular complexity index is 821. The normalized spacial score (nSPS) is 24.0. The Morgan fingerprint density at radius 3 is 2.80 bits per heavy atom. The lowest BCUT2D eigenvalue weighted by Crippen LogP contribution is -2.31. The van der Waals surface area contributed by atoms with Crippen molar-refractivity contribution in [3.63, 3.8) is 0 Å². The summed E-state index contributed by atoms with van der Waals surface area (Å²) in [6, 6.07) is 3.65. The molecule has 2 aliphatic rings. The van der Waals surface area contributed by atoms with E-state index in [-0.39, 0.29) is 11.3 Å². The SMILES string of the molecule is Cn1ccnc1CN1CCC2(CC(=O)N(c3ccc(F)c(F)c3)C2)C1. The van der Waals surface area contributed by atoms with E-state index in [2.05, 4.69) is 9.88 Å². The molecule has 4 rings (SSSR count). The molecule has 2 aliphatic heterocycles. The summed E-state index contributed by atoms with van der Waals surface area (Å²) < 4.78 is 28.7. The Hall–Kier alpha value is -2.28. The average molecular weight is 346 g/mol. The summed E-state index contributed by atoms with van der Waals surface area (Å²) in [4.78, 5) is 20.7. The lowest BCUT2D eigenvalue weighted by Gasteiger charge is -2.24. The fourth-order valence-electron chi connectivity index (χ4n) is 3.97. The number of anilines is 1.